The molecule has 0 aliphatic heterocycles. The van der Waals surface area contributed by atoms with E-state index in [1.807, 2.05) is 0 Å². The number of rotatable bonds is 5. The van der Waals surface area contributed by atoms with E-state index in [9.17, 15) is 4.39 Å². The Labute approximate surface area is 100 Å². The maximum Gasteiger partial charge on any atom is 0.224 e. The molecule has 0 saturated carbocycles. The van der Waals surface area contributed by atoms with E-state index in [0.717, 1.165) is 25.5 Å². The number of hydrogen-bond acceptors (Lipinski definition) is 3. The van der Waals surface area contributed by atoms with Crippen molar-refractivity contribution in [3.05, 3.63) is 17.3 Å². The number of nitrogens with zero attached hydrogens (tertiary/aromatic N) is 2. The minimum absolute atomic E-state index is 0.0566. The molecule has 0 spiro atoms. The SMILES string of the molecule is CCC(CC)(CC)Nc1nc(Cl)ncc1F. The second-order valence-electron chi connectivity index (χ2n) is 3.80. The lowest BCUT2D eigenvalue weighted by atomic mass is 9.90. The van der Waals surface area contributed by atoms with Gasteiger partial charge in [0.25, 0.3) is 0 Å². The van der Waals surface area contributed by atoms with E-state index in [1.54, 1.807) is 0 Å². The predicted octanol–water partition coefficient (Wildman–Crippen LogP) is 3.65. The maximum atomic E-state index is 13.5. The summed E-state index contributed by atoms with van der Waals surface area (Å²) in [6.07, 6.45) is 3.80. The van der Waals surface area contributed by atoms with Crippen LogP contribution in [0.4, 0.5) is 10.2 Å². The third-order valence-corrected chi connectivity index (χ3v) is 3.31. The van der Waals surface area contributed by atoms with Crippen molar-refractivity contribution in [2.75, 3.05) is 5.32 Å². The summed E-state index contributed by atoms with van der Waals surface area (Å²) in [5.74, 6) is -0.283. The topological polar surface area (TPSA) is 37.8 Å². The molecule has 1 heterocycles. The van der Waals surface area contributed by atoms with Crippen LogP contribution in [0.15, 0.2) is 6.20 Å². The molecule has 1 aromatic rings. The van der Waals surface area contributed by atoms with Crippen LogP contribution in [0, 0.1) is 5.82 Å². The Kier molecular flexibility index (Phi) is 4.47. The van der Waals surface area contributed by atoms with Gasteiger partial charge in [-0.15, -0.1) is 0 Å². The second kappa shape index (κ2) is 5.43. The van der Waals surface area contributed by atoms with Crippen LogP contribution in [0.3, 0.4) is 0 Å². The molecule has 5 heteroatoms. The monoisotopic (exact) mass is 245 g/mol. The Hall–Kier alpha value is -0.900. The van der Waals surface area contributed by atoms with Crippen molar-refractivity contribution in [1.82, 2.24) is 9.97 Å². The molecule has 0 aliphatic rings. The summed E-state index contributed by atoms with van der Waals surface area (Å²) in [6, 6.07) is 0. The first-order valence-electron chi connectivity index (χ1n) is 5.53. The van der Waals surface area contributed by atoms with Gasteiger partial charge >= 0.3 is 0 Å². The van der Waals surface area contributed by atoms with Crippen LogP contribution in [0.2, 0.25) is 5.28 Å². The number of halogens is 2. The summed E-state index contributed by atoms with van der Waals surface area (Å²) in [7, 11) is 0. The number of aromatic nitrogens is 2. The molecule has 1 aromatic heterocycles. The Bertz CT molecular complexity index is 345. The van der Waals surface area contributed by atoms with E-state index >= 15 is 0 Å². The zero-order valence-electron chi connectivity index (χ0n) is 9.85. The number of hydrogen-bond donors (Lipinski definition) is 1. The van der Waals surface area contributed by atoms with Crippen molar-refractivity contribution in [2.24, 2.45) is 0 Å². The van der Waals surface area contributed by atoms with Crippen molar-refractivity contribution in [3.8, 4) is 0 Å². The second-order valence-corrected chi connectivity index (χ2v) is 4.14. The normalized spacial score (nSPS) is 11.6. The maximum absolute atomic E-state index is 13.5. The Balaban J connectivity index is 2.97. The van der Waals surface area contributed by atoms with Gasteiger partial charge in [0.1, 0.15) is 0 Å². The molecule has 16 heavy (non-hydrogen) atoms. The molecule has 90 valence electrons. The first kappa shape index (κ1) is 13.2. The van der Waals surface area contributed by atoms with Gasteiger partial charge < -0.3 is 5.32 Å². The van der Waals surface area contributed by atoms with Gasteiger partial charge in [-0.25, -0.2) is 9.37 Å². The Morgan fingerprint density at radius 3 is 2.38 bits per heavy atom. The van der Waals surface area contributed by atoms with Crippen molar-refractivity contribution in [1.29, 1.82) is 0 Å². The molecular weight excluding hydrogens is 229 g/mol. The zero-order valence-corrected chi connectivity index (χ0v) is 10.6. The largest absolute Gasteiger partial charge is 0.362 e. The van der Waals surface area contributed by atoms with Gasteiger partial charge in [-0.1, -0.05) is 20.8 Å². The average molecular weight is 246 g/mol. The van der Waals surface area contributed by atoms with Crippen LogP contribution in [0.5, 0.6) is 0 Å². The minimum atomic E-state index is -0.468. The molecule has 0 saturated heterocycles. The zero-order chi connectivity index (χ0) is 12.2. The van der Waals surface area contributed by atoms with Gasteiger partial charge in [-0.3, -0.25) is 0 Å². The van der Waals surface area contributed by atoms with Gasteiger partial charge in [0, 0.05) is 5.54 Å². The molecule has 0 amide bonds. The van der Waals surface area contributed by atoms with Crippen LogP contribution in [-0.4, -0.2) is 15.5 Å². The first-order chi connectivity index (χ1) is 7.56. The van der Waals surface area contributed by atoms with E-state index in [4.69, 9.17) is 11.6 Å². The third kappa shape index (κ3) is 2.82. The minimum Gasteiger partial charge on any atom is -0.362 e. The molecule has 0 unspecified atom stereocenters. The van der Waals surface area contributed by atoms with E-state index in [0.29, 0.717) is 0 Å². The molecule has 0 aromatic carbocycles. The Morgan fingerprint density at radius 1 is 1.31 bits per heavy atom. The molecule has 0 atom stereocenters. The average Bonchev–Trinajstić information content (AvgIpc) is 2.31. The standard InChI is InChI=1S/C11H17ClFN3/c1-4-11(5-2,6-3)16-9-8(13)7-14-10(12)15-9/h7H,4-6H2,1-3H3,(H,14,15,16). The summed E-state index contributed by atoms with van der Waals surface area (Å²) in [4.78, 5) is 7.46. The predicted molar refractivity (Wildman–Crippen MR) is 64.2 cm³/mol. The van der Waals surface area contributed by atoms with E-state index in [1.165, 1.54) is 0 Å². The molecule has 0 radical (unpaired) electrons. The lowest BCUT2D eigenvalue weighted by Crippen LogP contribution is -2.36. The van der Waals surface area contributed by atoms with Gasteiger partial charge in [-0.2, -0.15) is 4.98 Å². The highest BCUT2D eigenvalue weighted by molar-refractivity contribution is 6.28. The van der Waals surface area contributed by atoms with Crippen LogP contribution in [0.25, 0.3) is 0 Å². The van der Waals surface area contributed by atoms with Crippen molar-refractivity contribution >= 4 is 17.4 Å². The lowest BCUT2D eigenvalue weighted by Gasteiger charge is -2.32. The molecule has 0 fully saturated rings. The van der Waals surface area contributed by atoms with Gasteiger partial charge in [-0.05, 0) is 30.9 Å². The molecular formula is C11H17ClFN3. The molecule has 1 rings (SSSR count). The van der Waals surface area contributed by atoms with E-state index in [-0.39, 0.29) is 16.6 Å². The number of nitrogens with one attached hydrogen (secondary N) is 1. The summed E-state index contributed by atoms with van der Waals surface area (Å²) in [6.45, 7) is 6.21. The first-order valence-corrected chi connectivity index (χ1v) is 5.91. The van der Waals surface area contributed by atoms with Crippen molar-refractivity contribution < 1.29 is 4.39 Å². The smallest absolute Gasteiger partial charge is 0.224 e. The number of anilines is 1. The van der Waals surface area contributed by atoms with Crippen LogP contribution in [-0.2, 0) is 0 Å². The fraction of sp³-hybridized carbons (Fsp3) is 0.636. The summed E-state index contributed by atoms with van der Waals surface area (Å²) in [5, 5.41) is 3.20. The molecule has 1 N–H and O–H groups in total. The van der Waals surface area contributed by atoms with E-state index < -0.39 is 5.82 Å². The third-order valence-electron chi connectivity index (χ3n) is 3.13. The van der Waals surface area contributed by atoms with Crippen molar-refractivity contribution in [2.45, 2.75) is 45.6 Å². The van der Waals surface area contributed by atoms with Crippen LogP contribution in [0.1, 0.15) is 40.0 Å². The summed E-state index contributed by atoms with van der Waals surface area (Å²) >= 11 is 5.65. The molecule has 0 aliphatic carbocycles. The van der Waals surface area contributed by atoms with Crippen LogP contribution >= 0.6 is 11.6 Å². The van der Waals surface area contributed by atoms with E-state index in [2.05, 4.69) is 36.1 Å². The Morgan fingerprint density at radius 2 is 1.88 bits per heavy atom. The van der Waals surface area contributed by atoms with Crippen LogP contribution < -0.4 is 5.32 Å². The highest BCUT2D eigenvalue weighted by Gasteiger charge is 2.25. The van der Waals surface area contributed by atoms with Gasteiger partial charge in [0.2, 0.25) is 5.28 Å². The highest BCUT2D eigenvalue weighted by Crippen LogP contribution is 2.26. The summed E-state index contributed by atoms with van der Waals surface area (Å²) < 4.78 is 13.5. The van der Waals surface area contributed by atoms with Crippen molar-refractivity contribution in [3.63, 3.8) is 0 Å². The fourth-order valence-corrected chi connectivity index (χ4v) is 1.83. The fourth-order valence-electron chi connectivity index (χ4n) is 1.70. The van der Waals surface area contributed by atoms with Gasteiger partial charge in [0.15, 0.2) is 11.6 Å². The molecule has 3 nitrogen and oxygen atoms in total. The highest BCUT2D eigenvalue weighted by atomic mass is 35.5. The summed E-state index contributed by atoms with van der Waals surface area (Å²) in [5.41, 5.74) is -0.126. The lowest BCUT2D eigenvalue weighted by molar-refractivity contribution is 0.415. The molecule has 0 bridgehead atoms. The quantitative estimate of drug-likeness (QED) is 0.805. The van der Waals surface area contributed by atoms with Gasteiger partial charge in [0.05, 0.1) is 6.20 Å².